The van der Waals surface area contributed by atoms with Gasteiger partial charge in [0.15, 0.2) is 5.82 Å². The van der Waals surface area contributed by atoms with Gasteiger partial charge >= 0.3 is 0 Å². The predicted octanol–water partition coefficient (Wildman–Crippen LogP) is 0.311. The SMILES string of the molecule is COc1nccnc1N[C@H]1COC[C@@H]1OC. The molecule has 1 aromatic heterocycles. The molecule has 1 saturated heterocycles. The Labute approximate surface area is 93.9 Å². The van der Waals surface area contributed by atoms with Crippen LogP contribution in [-0.2, 0) is 9.47 Å². The van der Waals surface area contributed by atoms with Crippen molar-refractivity contribution < 1.29 is 14.2 Å². The molecule has 88 valence electrons. The molecule has 6 heteroatoms. The Hall–Kier alpha value is -1.40. The number of nitrogens with one attached hydrogen (secondary N) is 1. The van der Waals surface area contributed by atoms with E-state index in [2.05, 4.69) is 15.3 Å². The van der Waals surface area contributed by atoms with Gasteiger partial charge in [-0.3, -0.25) is 0 Å². The summed E-state index contributed by atoms with van der Waals surface area (Å²) in [7, 11) is 3.23. The number of ether oxygens (including phenoxy) is 3. The van der Waals surface area contributed by atoms with Crippen LogP contribution in [0.3, 0.4) is 0 Å². The highest BCUT2D eigenvalue weighted by Gasteiger charge is 2.29. The van der Waals surface area contributed by atoms with E-state index in [0.717, 1.165) is 0 Å². The largest absolute Gasteiger partial charge is 0.478 e. The molecule has 2 heterocycles. The van der Waals surface area contributed by atoms with Gasteiger partial charge in [-0.2, -0.15) is 0 Å². The van der Waals surface area contributed by atoms with Gasteiger partial charge in [0.1, 0.15) is 6.10 Å². The molecule has 2 rings (SSSR count). The highest BCUT2D eigenvalue weighted by atomic mass is 16.5. The summed E-state index contributed by atoms with van der Waals surface area (Å²) >= 11 is 0. The Morgan fingerprint density at radius 1 is 1.31 bits per heavy atom. The summed E-state index contributed by atoms with van der Waals surface area (Å²) in [5.74, 6) is 1.09. The minimum absolute atomic E-state index is 0.0340. The standard InChI is InChI=1S/C10H15N3O3/c1-14-8-6-16-5-7(8)13-9-10(15-2)12-4-3-11-9/h3-4,7-8H,5-6H2,1-2H3,(H,11,13)/t7-,8-/m0/s1. The van der Waals surface area contributed by atoms with Gasteiger partial charge in [-0.1, -0.05) is 0 Å². The Kier molecular flexibility index (Phi) is 3.53. The molecule has 0 spiro atoms. The molecule has 0 aliphatic carbocycles. The number of hydrogen-bond acceptors (Lipinski definition) is 6. The first-order valence-electron chi connectivity index (χ1n) is 5.07. The topological polar surface area (TPSA) is 65.5 Å². The fraction of sp³-hybridized carbons (Fsp3) is 0.600. The number of nitrogens with zero attached hydrogens (tertiary/aromatic N) is 2. The van der Waals surface area contributed by atoms with E-state index in [9.17, 15) is 0 Å². The van der Waals surface area contributed by atoms with Crippen molar-refractivity contribution in [3.8, 4) is 5.88 Å². The van der Waals surface area contributed by atoms with Gasteiger partial charge in [-0.05, 0) is 0 Å². The first kappa shape index (κ1) is 11.1. The Morgan fingerprint density at radius 2 is 2.12 bits per heavy atom. The fourth-order valence-corrected chi connectivity index (χ4v) is 1.65. The van der Waals surface area contributed by atoms with Crippen LogP contribution >= 0.6 is 0 Å². The number of anilines is 1. The van der Waals surface area contributed by atoms with E-state index in [4.69, 9.17) is 14.2 Å². The number of aromatic nitrogens is 2. The van der Waals surface area contributed by atoms with Crippen molar-refractivity contribution in [2.75, 3.05) is 32.8 Å². The van der Waals surface area contributed by atoms with Crippen LogP contribution in [0, 0.1) is 0 Å². The van der Waals surface area contributed by atoms with Gasteiger partial charge < -0.3 is 19.5 Å². The van der Waals surface area contributed by atoms with Crippen LogP contribution in [0.5, 0.6) is 5.88 Å². The maximum absolute atomic E-state index is 5.33. The molecule has 0 aromatic carbocycles. The molecule has 1 aromatic rings. The summed E-state index contributed by atoms with van der Waals surface area (Å²) in [6.07, 6.45) is 3.23. The Morgan fingerprint density at radius 3 is 2.88 bits per heavy atom. The number of rotatable bonds is 4. The summed E-state index contributed by atoms with van der Waals surface area (Å²) in [4.78, 5) is 8.23. The zero-order valence-electron chi connectivity index (χ0n) is 9.34. The van der Waals surface area contributed by atoms with Crippen LogP contribution in [0.25, 0.3) is 0 Å². The van der Waals surface area contributed by atoms with E-state index < -0.39 is 0 Å². The summed E-state index contributed by atoms with van der Waals surface area (Å²) in [6, 6.07) is 0.0793. The van der Waals surface area contributed by atoms with Crippen LogP contribution < -0.4 is 10.1 Å². The molecular formula is C10H15N3O3. The highest BCUT2D eigenvalue weighted by Crippen LogP contribution is 2.20. The van der Waals surface area contributed by atoms with Crippen molar-refractivity contribution in [2.24, 2.45) is 0 Å². The van der Waals surface area contributed by atoms with Crippen molar-refractivity contribution in [1.82, 2.24) is 9.97 Å². The third-order valence-corrected chi connectivity index (χ3v) is 2.51. The maximum Gasteiger partial charge on any atom is 0.257 e. The summed E-state index contributed by atoms with van der Waals surface area (Å²) in [5.41, 5.74) is 0. The van der Waals surface area contributed by atoms with E-state index >= 15 is 0 Å². The highest BCUT2D eigenvalue weighted by molar-refractivity contribution is 5.45. The van der Waals surface area contributed by atoms with E-state index in [0.29, 0.717) is 24.9 Å². The van der Waals surface area contributed by atoms with Crippen LogP contribution in [0.1, 0.15) is 0 Å². The second kappa shape index (κ2) is 5.09. The number of hydrogen-bond donors (Lipinski definition) is 1. The number of methoxy groups -OCH3 is 2. The van der Waals surface area contributed by atoms with Crippen molar-refractivity contribution in [1.29, 1.82) is 0 Å². The van der Waals surface area contributed by atoms with Crippen molar-refractivity contribution in [3.63, 3.8) is 0 Å². The van der Waals surface area contributed by atoms with Gasteiger partial charge in [0.05, 0.1) is 26.4 Å². The fourth-order valence-electron chi connectivity index (χ4n) is 1.65. The molecule has 0 unspecified atom stereocenters. The lowest BCUT2D eigenvalue weighted by Crippen LogP contribution is -2.34. The molecule has 1 N–H and O–H groups in total. The zero-order valence-corrected chi connectivity index (χ0v) is 9.34. The zero-order chi connectivity index (χ0) is 11.4. The van der Waals surface area contributed by atoms with Crippen molar-refractivity contribution in [2.45, 2.75) is 12.1 Å². The second-order valence-corrected chi connectivity index (χ2v) is 3.48. The van der Waals surface area contributed by atoms with Gasteiger partial charge in [-0.25, -0.2) is 9.97 Å². The maximum atomic E-state index is 5.33. The summed E-state index contributed by atoms with van der Waals surface area (Å²) < 4.78 is 15.7. The molecule has 0 amide bonds. The third kappa shape index (κ3) is 2.23. The molecule has 0 bridgehead atoms. The molecule has 1 fully saturated rings. The van der Waals surface area contributed by atoms with Crippen LogP contribution in [0.2, 0.25) is 0 Å². The van der Waals surface area contributed by atoms with E-state index in [1.807, 2.05) is 0 Å². The third-order valence-electron chi connectivity index (χ3n) is 2.51. The summed E-state index contributed by atoms with van der Waals surface area (Å²) in [5, 5.41) is 3.21. The average Bonchev–Trinajstić information content (AvgIpc) is 2.77. The second-order valence-electron chi connectivity index (χ2n) is 3.48. The van der Waals surface area contributed by atoms with E-state index in [1.165, 1.54) is 0 Å². The molecule has 6 nitrogen and oxygen atoms in total. The molecule has 0 saturated carbocycles. The molecule has 2 atom stereocenters. The molecular weight excluding hydrogens is 210 g/mol. The molecule has 16 heavy (non-hydrogen) atoms. The van der Waals surface area contributed by atoms with Crippen LogP contribution in [0.15, 0.2) is 12.4 Å². The van der Waals surface area contributed by atoms with Crippen molar-refractivity contribution in [3.05, 3.63) is 12.4 Å². The van der Waals surface area contributed by atoms with Crippen LogP contribution in [-0.4, -0.2) is 49.5 Å². The molecule has 1 aliphatic rings. The van der Waals surface area contributed by atoms with Gasteiger partial charge in [-0.15, -0.1) is 0 Å². The minimum atomic E-state index is 0.0340. The van der Waals surface area contributed by atoms with Crippen LogP contribution in [0.4, 0.5) is 5.82 Å². The lowest BCUT2D eigenvalue weighted by molar-refractivity contribution is 0.0794. The smallest absolute Gasteiger partial charge is 0.257 e. The van der Waals surface area contributed by atoms with Crippen molar-refractivity contribution >= 4 is 5.82 Å². The quantitative estimate of drug-likeness (QED) is 0.795. The average molecular weight is 225 g/mol. The predicted molar refractivity (Wildman–Crippen MR) is 57.6 cm³/mol. The van der Waals surface area contributed by atoms with Gasteiger partial charge in [0.2, 0.25) is 0 Å². The Bertz CT molecular complexity index is 348. The lowest BCUT2D eigenvalue weighted by Gasteiger charge is -2.18. The van der Waals surface area contributed by atoms with Gasteiger partial charge in [0, 0.05) is 19.5 Å². The van der Waals surface area contributed by atoms with Gasteiger partial charge in [0.25, 0.3) is 5.88 Å². The normalized spacial score (nSPS) is 24.4. The molecule has 1 aliphatic heterocycles. The Balaban J connectivity index is 2.08. The van der Waals surface area contributed by atoms with E-state index in [1.54, 1.807) is 26.6 Å². The lowest BCUT2D eigenvalue weighted by atomic mass is 10.2. The first-order chi connectivity index (χ1) is 7.85. The van der Waals surface area contributed by atoms with E-state index in [-0.39, 0.29) is 12.1 Å². The summed E-state index contributed by atoms with van der Waals surface area (Å²) in [6.45, 7) is 1.19. The minimum Gasteiger partial charge on any atom is -0.478 e. The molecule has 0 radical (unpaired) electrons. The monoisotopic (exact) mass is 225 g/mol. The first-order valence-corrected chi connectivity index (χ1v) is 5.07.